The lowest BCUT2D eigenvalue weighted by molar-refractivity contribution is -0.137. The van der Waals surface area contributed by atoms with Gasteiger partial charge >= 0.3 is 6.18 Å². The largest absolute Gasteiger partial charge is 0.416 e. The van der Waals surface area contributed by atoms with Crippen molar-refractivity contribution in [1.82, 2.24) is 0 Å². The Morgan fingerprint density at radius 1 is 1.16 bits per heavy atom. The number of aryl methyl sites for hydroxylation is 1. The van der Waals surface area contributed by atoms with Crippen LogP contribution in [0.5, 0.6) is 0 Å². The van der Waals surface area contributed by atoms with Crippen molar-refractivity contribution in [2.24, 2.45) is 0 Å². The highest BCUT2D eigenvalue weighted by Crippen LogP contribution is 2.30. The van der Waals surface area contributed by atoms with Gasteiger partial charge in [0.1, 0.15) is 0 Å². The van der Waals surface area contributed by atoms with Crippen molar-refractivity contribution in [3.8, 4) is 0 Å². The van der Waals surface area contributed by atoms with Crippen LogP contribution in [0.25, 0.3) is 0 Å². The van der Waals surface area contributed by atoms with Gasteiger partial charge < -0.3 is 5.11 Å². The van der Waals surface area contributed by atoms with Crippen molar-refractivity contribution in [3.05, 3.63) is 57.3 Å². The van der Waals surface area contributed by atoms with E-state index in [2.05, 4.69) is 0 Å². The number of rotatable bonds is 3. The number of halogens is 3. The molecule has 1 atom stereocenters. The molecule has 5 heteroatoms. The smallest absolute Gasteiger partial charge is 0.388 e. The average Bonchev–Trinajstić information content (AvgIpc) is 2.75. The van der Waals surface area contributed by atoms with Crippen LogP contribution in [0.4, 0.5) is 13.2 Å². The Morgan fingerprint density at radius 3 is 2.26 bits per heavy atom. The summed E-state index contributed by atoms with van der Waals surface area (Å²) in [5.41, 5.74) is 0.855. The third kappa shape index (κ3) is 3.36. The van der Waals surface area contributed by atoms with Gasteiger partial charge in [-0.25, -0.2) is 0 Å². The molecule has 2 rings (SSSR count). The molecule has 1 unspecified atom stereocenters. The van der Waals surface area contributed by atoms with E-state index in [9.17, 15) is 18.3 Å². The van der Waals surface area contributed by atoms with Gasteiger partial charge in [-0.15, -0.1) is 11.3 Å². The Hall–Kier alpha value is -1.33. The van der Waals surface area contributed by atoms with E-state index in [1.54, 1.807) is 11.3 Å². The second-order valence-electron chi connectivity index (χ2n) is 4.35. The second kappa shape index (κ2) is 5.35. The summed E-state index contributed by atoms with van der Waals surface area (Å²) in [5, 5.41) is 11.9. The Balaban J connectivity index is 2.10. The molecule has 0 amide bonds. The fourth-order valence-electron chi connectivity index (χ4n) is 1.90. The predicted molar refractivity (Wildman–Crippen MR) is 69.2 cm³/mol. The average molecular weight is 286 g/mol. The molecule has 0 spiro atoms. The van der Waals surface area contributed by atoms with Crippen LogP contribution < -0.4 is 0 Å². The van der Waals surface area contributed by atoms with E-state index in [1.807, 2.05) is 18.4 Å². The lowest BCUT2D eigenvalue weighted by atomic mass is 10.0. The summed E-state index contributed by atoms with van der Waals surface area (Å²) in [6.07, 6.45) is -4.68. The quantitative estimate of drug-likeness (QED) is 0.889. The van der Waals surface area contributed by atoms with Gasteiger partial charge in [-0.2, -0.15) is 13.2 Å². The Bertz CT molecular complexity index is 543. The zero-order valence-corrected chi connectivity index (χ0v) is 11.1. The number of benzene rings is 1. The highest BCUT2D eigenvalue weighted by molar-refractivity contribution is 7.10. The van der Waals surface area contributed by atoms with Gasteiger partial charge in [0.15, 0.2) is 0 Å². The molecule has 19 heavy (non-hydrogen) atoms. The summed E-state index contributed by atoms with van der Waals surface area (Å²) < 4.78 is 37.2. The van der Waals surface area contributed by atoms with Crippen LogP contribution in [-0.4, -0.2) is 5.11 Å². The lowest BCUT2D eigenvalue weighted by Crippen LogP contribution is -2.06. The first-order chi connectivity index (χ1) is 8.88. The number of aliphatic hydroxyl groups is 1. The molecule has 0 fully saturated rings. The highest BCUT2D eigenvalue weighted by Gasteiger charge is 2.30. The Kier molecular flexibility index (Phi) is 3.96. The van der Waals surface area contributed by atoms with Crippen molar-refractivity contribution in [2.45, 2.75) is 25.6 Å². The van der Waals surface area contributed by atoms with Gasteiger partial charge in [0, 0.05) is 11.3 Å². The van der Waals surface area contributed by atoms with E-state index in [4.69, 9.17) is 0 Å². The van der Waals surface area contributed by atoms with Crippen LogP contribution >= 0.6 is 11.3 Å². The zero-order valence-electron chi connectivity index (χ0n) is 10.2. The minimum Gasteiger partial charge on any atom is -0.388 e. The van der Waals surface area contributed by atoms with Gasteiger partial charge in [0.2, 0.25) is 0 Å². The van der Waals surface area contributed by atoms with Crippen LogP contribution in [0.1, 0.15) is 27.7 Å². The molecule has 0 aliphatic carbocycles. The Labute approximate surface area is 113 Å². The maximum Gasteiger partial charge on any atom is 0.416 e. The molecule has 2 aromatic rings. The van der Waals surface area contributed by atoms with Crippen molar-refractivity contribution in [2.75, 3.05) is 0 Å². The molecule has 1 aromatic carbocycles. The SMILES string of the molecule is Cc1sccc1C(O)Cc1ccc(C(F)(F)F)cc1. The molecule has 0 aliphatic rings. The summed E-state index contributed by atoms with van der Waals surface area (Å²) in [7, 11) is 0. The number of hydrogen-bond donors (Lipinski definition) is 1. The fourth-order valence-corrected chi connectivity index (χ4v) is 2.66. The monoisotopic (exact) mass is 286 g/mol. The molecular weight excluding hydrogens is 273 g/mol. The molecule has 1 N–H and O–H groups in total. The summed E-state index contributed by atoms with van der Waals surface area (Å²) >= 11 is 1.54. The van der Waals surface area contributed by atoms with E-state index in [0.29, 0.717) is 12.0 Å². The number of alkyl halides is 3. The van der Waals surface area contributed by atoms with Gasteiger partial charge in [0.25, 0.3) is 0 Å². The highest BCUT2D eigenvalue weighted by atomic mass is 32.1. The predicted octanol–water partition coefficient (Wildman–Crippen LogP) is 4.35. The maximum atomic E-state index is 12.4. The molecule has 1 heterocycles. The molecule has 1 aromatic heterocycles. The molecule has 1 nitrogen and oxygen atoms in total. The molecular formula is C14H13F3OS. The first-order valence-electron chi connectivity index (χ1n) is 5.76. The van der Waals surface area contributed by atoms with Crippen molar-refractivity contribution in [1.29, 1.82) is 0 Å². The first-order valence-corrected chi connectivity index (χ1v) is 6.64. The number of aliphatic hydroxyl groups excluding tert-OH is 1. The second-order valence-corrected chi connectivity index (χ2v) is 5.47. The van der Waals surface area contributed by atoms with Crippen LogP contribution in [0.15, 0.2) is 35.7 Å². The Morgan fingerprint density at radius 2 is 1.79 bits per heavy atom. The normalized spacial score (nSPS) is 13.5. The molecule has 102 valence electrons. The molecule has 0 aliphatic heterocycles. The van der Waals surface area contributed by atoms with Crippen LogP contribution in [0, 0.1) is 6.92 Å². The standard InChI is InChI=1S/C14H13F3OS/c1-9-12(6-7-19-9)13(18)8-10-2-4-11(5-3-10)14(15,16)17/h2-7,13,18H,8H2,1H3. The summed E-state index contributed by atoms with van der Waals surface area (Å²) in [6.45, 7) is 1.91. The lowest BCUT2D eigenvalue weighted by Gasteiger charge is -2.12. The van der Waals surface area contributed by atoms with Crippen LogP contribution in [0.2, 0.25) is 0 Å². The fraction of sp³-hybridized carbons (Fsp3) is 0.286. The third-order valence-electron chi connectivity index (χ3n) is 2.97. The number of hydrogen-bond acceptors (Lipinski definition) is 2. The van der Waals surface area contributed by atoms with Gasteiger partial charge in [-0.3, -0.25) is 0 Å². The van der Waals surface area contributed by atoms with Crippen LogP contribution in [-0.2, 0) is 12.6 Å². The zero-order chi connectivity index (χ0) is 14.0. The summed E-state index contributed by atoms with van der Waals surface area (Å²) in [4.78, 5) is 1.03. The van der Waals surface area contributed by atoms with E-state index in [-0.39, 0.29) is 0 Å². The molecule has 0 saturated carbocycles. The first kappa shape index (κ1) is 14.1. The minimum absolute atomic E-state index is 0.315. The maximum absolute atomic E-state index is 12.4. The van der Waals surface area contributed by atoms with Crippen LogP contribution in [0.3, 0.4) is 0 Å². The minimum atomic E-state index is -4.32. The van der Waals surface area contributed by atoms with Gasteiger partial charge in [-0.05, 0) is 41.6 Å². The summed E-state index contributed by atoms with van der Waals surface area (Å²) in [6, 6.07) is 6.75. The van der Waals surface area contributed by atoms with E-state index in [0.717, 1.165) is 22.6 Å². The topological polar surface area (TPSA) is 20.2 Å². The van der Waals surface area contributed by atoms with E-state index < -0.39 is 17.8 Å². The molecule has 0 radical (unpaired) electrons. The van der Waals surface area contributed by atoms with Crippen molar-refractivity contribution in [3.63, 3.8) is 0 Å². The third-order valence-corrected chi connectivity index (χ3v) is 3.83. The van der Waals surface area contributed by atoms with Crippen molar-refractivity contribution < 1.29 is 18.3 Å². The van der Waals surface area contributed by atoms with Gasteiger partial charge in [0.05, 0.1) is 11.7 Å². The molecule has 0 saturated heterocycles. The van der Waals surface area contributed by atoms with E-state index >= 15 is 0 Å². The van der Waals surface area contributed by atoms with Gasteiger partial charge in [-0.1, -0.05) is 12.1 Å². The van der Waals surface area contributed by atoms with E-state index in [1.165, 1.54) is 12.1 Å². The molecule has 0 bridgehead atoms. The summed E-state index contributed by atoms with van der Waals surface area (Å²) in [5.74, 6) is 0. The number of thiophene rings is 1. The van der Waals surface area contributed by atoms with Crippen molar-refractivity contribution >= 4 is 11.3 Å².